The number of rotatable bonds is 2. The van der Waals surface area contributed by atoms with E-state index < -0.39 is 6.61 Å². The van der Waals surface area contributed by atoms with Gasteiger partial charge in [0, 0.05) is 11.0 Å². The Kier molecular flexibility index (Phi) is 2.28. The van der Waals surface area contributed by atoms with E-state index in [9.17, 15) is 8.78 Å². The van der Waals surface area contributed by atoms with Gasteiger partial charge in [-0.05, 0) is 6.07 Å². The number of aromatic amines is 1. The molecule has 0 aliphatic carbocycles. The fraction of sp³-hybridized carbons (Fsp3) is 0.125. The molecule has 0 amide bonds. The number of benzene rings is 1. The molecule has 0 bridgehead atoms. The zero-order chi connectivity index (χ0) is 10.1. The first-order chi connectivity index (χ1) is 6.66. The van der Waals surface area contributed by atoms with Crippen LogP contribution < -0.4 is 4.74 Å². The molecular weight excluding hydrogens is 210 g/mol. The summed E-state index contributed by atoms with van der Waals surface area (Å²) in [5.41, 5.74) is 1.30. The Morgan fingerprint density at radius 3 is 2.93 bits per heavy atom. The van der Waals surface area contributed by atoms with Crippen LogP contribution in [0, 0.1) is 0 Å². The highest BCUT2D eigenvalue weighted by atomic mass is 32.1. The van der Waals surface area contributed by atoms with Gasteiger partial charge >= 0.3 is 6.61 Å². The molecular formula is C8H6F2N2OS. The van der Waals surface area contributed by atoms with Crippen molar-refractivity contribution in [2.45, 2.75) is 11.5 Å². The van der Waals surface area contributed by atoms with Gasteiger partial charge in [0.2, 0.25) is 0 Å². The van der Waals surface area contributed by atoms with Crippen LogP contribution in [0.15, 0.2) is 23.4 Å². The molecule has 3 nitrogen and oxygen atoms in total. The lowest BCUT2D eigenvalue weighted by Crippen LogP contribution is -2.02. The summed E-state index contributed by atoms with van der Waals surface area (Å²) in [5.74, 6) is 0.0417. The van der Waals surface area contributed by atoms with Crippen LogP contribution in [0.3, 0.4) is 0 Å². The number of alkyl halides is 2. The van der Waals surface area contributed by atoms with E-state index >= 15 is 0 Å². The number of ether oxygens (including phenoxy) is 1. The summed E-state index contributed by atoms with van der Waals surface area (Å²) in [5, 5.41) is 0. The van der Waals surface area contributed by atoms with Gasteiger partial charge in [0.1, 0.15) is 5.75 Å². The monoisotopic (exact) mass is 216 g/mol. The van der Waals surface area contributed by atoms with Gasteiger partial charge in [-0.1, -0.05) is 0 Å². The van der Waals surface area contributed by atoms with Gasteiger partial charge in [0.25, 0.3) is 0 Å². The van der Waals surface area contributed by atoms with Crippen molar-refractivity contribution in [3.05, 3.63) is 18.5 Å². The molecule has 0 aliphatic heterocycles. The smallest absolute Gasteiger partial charge is 0.387 e. The van der Waals surface area contributed by atoms with Gasteiger partial charge in [0.15, 0.2) is 0 Å². The molecule has 1 heterocycles. The average molecular weight is 216 g/mol. The van der Waals surface area contributed by atoms with E-state index in [2.05, 4.69) is 27.3 Å². The summed E-state index contributed by atoms with van der Waals surface area (Å²) < 4.78 is 28.2. The summed E-state index contributed by atoms with van der Waals surface area (Å²) in [4.78, 5) is 7.08. The molecule has 2 aromatic rings. The van der Waals surface area contributed by atoms with E-state index in [4.69, 9.17) is 0 Å². The lowest BCUT2D eigenvalue weighted by Gasteiger charge is -2.06. The number of H-pyrrole nitrogens is 1. The zero-order valence-corrected chi connectivity index (χ0v) is 7.76. The van der Waals surface area contributed by atoms with Crippen molar-refractivity contribution < 1.29 is 13.5 Å². The highest BCUT2D eigenvalue weighted by Gasteiger charge is 2.09. The first-order valence-electron chi connectivity index (χ1n) is 3.78. The third-order valence-electron chi connectivity index (χ3n) is 1.72. The maximum absolute atomic E-state index is 11.9. The first kappa shape index (κ1) is 9.26. The zero-order valence-electron chi connectivity index (χ0n) is 6.87. The Morgan fingerprint density at radius 1 is 1.43 bits per heavy atom. The van der Waals surface area contributed by atoms with Gasteiger partial charge < -0.3 is 9.72 Å². The lowest BCUT2D eigenvalue weighted by molar-refractivity contribution is -0.0515. The van der Waals surface area contributed by atoms with Crippen LogP contribution in [0.4, 0.5) is 8.78 Å². The molecule has 1 aromatic carbocycles. The molecule has 0 spiro atoms. The number of thiol groups is 1. The van der Waals surface area contributed by atoms with E-state index in [0.717, 1.165) is 0 Å². The minimum atomic E-state index is -2.85. The van der Waals surface area contributed by atoms with Crippen molar-refractivity contribution in [1.29, 1.82) is 0 Å². The normalized spacial score (nSPS) is 11.1. The fourth-order valence-corrected chi connectivity index (χ4v) is 1.38. The molecule has 0 saturated heterocycles. The topological polar surface area (TPSA) is 37.9 Å². The fourth-order valence-electron chi connectivity index (χ4n) is 1.14. The molecule has 2 rings (SSSR count). The van der Waals surface area contributed by atoms with Gasteiger partial charge in [-0.25, -0.2) is 4.98 Å². The van der Waals surface area contributed by atoms with Crippen LogP contribution in [-0.4, -0.2) is 16.6 Å². The molecule has 0 saturated carbocycles. The average Bonchev–Trinajstić information content (AvgIpc) is 2.51. The number of hydrogen-bond donors (Lipinski definition) is 2. The third kappa shape index (κ3) is 1.65. The predicted octanol–water partition coefficient (Wildman–Crippen LogP) is 2.45. The van der Waals surface area contributed by atoms with Crippen molar-refractivity contribution in [1.82, 2.24) is 9.97 Å². The molecule has 1 aromatic heterocycles. The van der Waals surface area contributed by atoms with E-state index in [1.165, 1.54) is 12.4 Å². The highest BCUT2D eigenvalue weighted by Crippen LogP contribution is 2.28. The maximum atomic E-state index is 11.9. The van der Waals surface area contributed by atoms with Crippen molar-refractivity contribution >= 4 is 23.7 Å². The van der Waals surface area contributed by atoms with Crippen molar-refractivity contribution in [3.63, 3.8) is 0 Å². The van der Waals surface area contributed by atoms with E-state index in [1.807, 2.05) is 0 Å². The summed E-state index contributed by atoms with van der Waals surface area (Å²) in [6, 6.07) is 3.00. The largest absolute Gasteiger partial charge is 0.434 e. The van der Waals surface area contributed by atoms with Crippen LogP contribution in [0.1, 0.15) is 0 Å². The van der Waals surface area contributed by atoms with Gasteiger partial charge in [0.05, 0.1) is 17.4 Å². The molecule has 14 heavy (non-hydrogen) atoms. The molecule has 1 N–H and O–H groups in total. The van der Waals surface area contributed by atoms with E-state index in [-0.39, 0.29) is 5.75 Å². The Hall–Kier alpha value is -1.30. The summed E-state index contributed by atoms with van der Waals surface area (Å²) in [6.07, 6.45) is 1.48. The van der Waals surface area contributed by atoms with E-state index in [1.54, 1.807) is 6.07 Å². The number of halogens is 2. The third-order valence-corrected chi connectivity index (χ3v) is 2.07. The van der Waals surface area contributed by atoms with Crippen LogP contribution in [0.25, 0.3) is 11.0 Å². The van der Waals surface area contributed by atoms with Crippen LogP contribution >= 0.6 is 12.6 Å². The Morgan fingerprint density at radius 2 is 2.21 bits per heavy atom. The second kappa shape index (κ2) is 3.45. The standard InChI is InChI=1S/C8H6F2N2OS/c9-8(10)13-6-1-4-5(2-7(6)14)12-3-11-4/h1-3,8,14H,(H,11,12). The van der Waals surface area contributed by atoms with Crippen LogP contribution in [0.2, 0.25) is 0 Å². The molecule has 0 fully saturated rings. The number of nitrogens with one attached hydrogen (secondary N) is 1. The SMILES string of the molecule is FC(F)Oc1cc2[nH]cnc2cc1S. The second-order valence-corrected chi connectivity index (χ2v) is 3.10. The van der Waals surface area contributed by atoms with Gasteiger partial charge in [-0.15, -0.1) is 12.6 Å². The molecule has 0 atom stereocenters. The van der Waals surface area contributed by atoms with Crippen molar-refractivity contribution in [2.24, 2.45) is 0 Å². The molecule has 0 aliphatic rings. The number of imidazole rings is 1. The van der Waals surface area contributed by atoms with Crippen LogP contribution in [-0.2, 0) is 0 Å². The lowest BCUT2D eigenvalue weighted by atomic mass is 10.3. The molecule has 74 valence electrons. The Balaban J connectivity index is 2.48. The summed E-state index contributed by atoms with van der Waals surface area (Å²) in [7, 11) is 0. The molecule has 0 radical (unpaired) electrons. The van der Waals surface area contributed by atoms with Crippen molar-refractivity contribution in [3.8, 4) is 5.75 Å². The quantitative estimate of drug-likeness (QED) is 0.757. The predicted molar refractivity (Wildman–Crippen MR) is 50.0 cm³/mol. The summed E-state index contributed by atoms with van der Waals surface area (Å²) in [6.45, 7) is -2.85. The number of hydrogen-bond acceptors (Lipinski definition) is 3. The van der Waals surface area contributed by atoms with Gasteiger partial charge in [-0.3, -0.25) is 0 Å². The second-order valence-electron chi connectivity index (χ2n) is 2.62. The molecule has 6 heteroatoms. The molecule has 0 unspecified atom stereocenters. The number of nitrogens with zero attached hydrogens (tertiary/aromatic N) is 1. The minimum absolute atomic E-state index is 0.0417. The van der Waals surface area contributed by atoms with E-state index in [0.29, 0.717) is 15.9 Å². The summed E-state index contributed by atoms with van der Waals surface area (Å²) >= 11 is 4.01. The minimum Gasteiger partial charge on any atom is -0.434 e. The first-order valence-corrected chi connectivity index (χ1v) is 4.22. The van der Waals surface area contributed by atoms with Crippen molar-refractivity contribution in [2.75, 3.05) is 0 Å². The Bertz CT molecular complexity index is 458. The Labute approximate surface area is 83.5 Å². The van der Waals surface area contributed by atoms with Gasteiger partial charge in [-0.2, -0.15) is 8.78 Å². The van der Waals surface area contributed by atoms with Crippen LogP contribution in [0.5, 0.6) is 5.75 Å². The highest BCUT2D eigenvalue weighted by molar-refractivity contribution is 7.80. The maximum Gasteiger partial charge on any atom is 0.387 e. The number of fused-ring (bicyclic) bond motifs is 1. The number of aromatic nitrogens is 2.